The third-order valence-corrected chi connectivity index (χ3v) is 3.51. The number of benzene rings is 2. The van der Waals surface area contributed by atoms with Crippen molar-refractivity contribution >= 4 is 17.5 Å². The Morgan fingerprint density at radius 3 is 2.48 bits per heavy atom. The number of carbonyl (C=O) groups is 2. The largest absolute Gasteiger partial charge is 0.383 e. The molecule has 0 aliphatic rings. The van der Waals surface area contributed by atoms with Crippen LogP contribution in [0.15, 0.2) is 54.6 Å². The Morgan fingerprint density at radius 1 is 1.00 bits per heavy atom. The van der Waals surface area contributed by atoms with Gasteiger partial charge in [-0.3, -0.25) is 9.59 Å². The Balaban J connectivity index is 1.92. The van der Waals surface area contributed by atoms with E-state index in [1.54, 1.807) is 31.4 Å². The summed E-state index contributed by atoms with van der Waals surface area (Å²) in [5.74, 6) is -0.438. The first-order valence-corrected chi connectivity index (χ1v) is 8.11. The van der Waals surface area contributed by atoms with Gasteiger partial charge in [0.05, 0.1) is 24.4 Å². The van der Waals surface area contributed by atoms with Crippen molar-refractivity contribution in [2.45, 2.75) is 6.54 Å². The van der Waals surface area contributed by atoms with Crippen LogP contribution in [-0.2, 0) is 16.1 Å². The fourth-order valence-corrected chi connectivity index (χ4v) is 2.23. The number of methoxy groups -OCH3 is 1. The highest BCUT2D eigenvalue weighted by molar-refractivity contribution is 6.04. The quantitative estimate of drug-likeness (QED) is 0.608. The van der Waals surface area contributed by atoms with Gasteiger partial charge < -0.3 is 20.7 Å². The lowest BCUT2D eigenvalue weighted by Crippen LogP contribution is -2.31. The molecule has 3 N–H and O–H groups in total. The normalized spacial score (nSPS) is 10.3. The summed E-state index contributed by atoms with van der Waals surface area (Å²) in [7, 11) is 1.60. The van der Waals surface area contributed by atoms with Gasteiger partial charge in [-0.15, -0.1) is 0 Å². The first-order chi connectivity index (χ1) is 12.2. The van der Waals surface area contributed by atoms with Gasteiger partial charge in [-0.2, -0.15) is 0 Å². The molecule has 0 aromatic heterocycles. The van der Waals surface area contributed by atoms with E-state index in [4.69, 9.17) is 4.74 Å². The summed E-state index contributed by atoms with van der Waals surface area (Å²) in [6, 6.07) is 16.6. The van der Waals surface area contributed by atoms with Gasteiger partial charge in [-0.25, -0.2) is 0 Å². The number of nitrogens with one attached hydrogen (secondary N) is 3. The lowest BCUT2D eigenvalue weighted by molar-refractivity contribution is -0.115. The summed E-state index contributed by atoms with van der Waals surface area (Å²) in [6.45, 7) is 1.71. The lowest BCUT2D eigenvalue weighted by Gasteiger charge is -2.12. The molecule has 2 aromatic carbocycles. The Kier molecular flexibility index (Phi) is 7.62. The molecule has 25 heavy (non-hydrogen) atoms. The molecule has 0 spiro atoms. The number of ether oxygens (including phenoxy) is 1. The lowest BCUT2D eigenvalue weighted by atomic mass is 10.1. The molecular formula is C19H23N3O3. The molecule has 2 aromatic rings. The second-order valence-corrected chi connectivity index (χ2v) is 5.43. The first-order valence-electron chi connectivity index (χ1n) is 8.11. The van der Waals surface area contributed by atoms with E-state index in [0.29, 0.717) is 30.9 Å². The zero-order valence-electron chi connectivity index (χ0n) is 14.2. The molecule has 6 heteroatoms. The third kappa shape index (κ3) is 6.37. The van der Waals surface area contributed by atoms with Gasteiger partial charge in [-0.1, -0.05) is 42.5 Å². The van der Waals surface area contributed by atoms with Crippen molar-refractivity contribution in [2.75, 3.05) is 32.1 Å². The number of carbonyl (C=O) groups excluding carboxylic acids is 2. The molecule has 6 nitrogen and oxygen atoms in total. The molecule has 0 fully saturated rings. The van der Waals surface area contributed by atoms with Crippen LogP contribution in [0.4, 0.5) is 5.69 Å². The topological polar surface area (TPSA) is 79.5 Å². The maximum absolute atomic E-state index is 12.4. The van der Waals surface area contributed by atoms with Crippen LogP contribution in [0.1, 0.15) is 15.9 Å². The maximum atomic E-state index is 12.4. The fourth-order valence-electron chi connectivity index (χ4n) is 2.23. The number of hydrogen-bond acceptors (Lipinski definition) is 4. The Morgan fingerprint density at radius 2 is 1.72 bits per heavy atom. The molecule has 0 heterocycles. The van der Waals surface area contributed by atoms with E-state index >= 15 is 0 Å². The molecule has 0 unspecified atom stereocenters. The fraction of sp³-hybridized carbons (Fsp3) is 0.263. The van der Waals surface area contributed by atoms with Gasteiger partial charge in [0, 0.05) is 20.2 Å². The predicted octanol–water partition coefficient (Wildman–Crippen LogP) is 1.79. The smallest absolute Gasteiger partial charge is 0.253 e. The molecule has 0 aliphatic heterocycles. The van der Waals surface area contributed by atoms with Gasteiger partial charge >= 0.3 is 0 Å². The molecule has 0 aliphatic carbocycles. The molecule has 2 rings (SSSR count). The van der Waals surface area contributed by atoms with E-state index in [2.05, 4.69) is 16.0 Å². The molecule has 2 amide bonds. The number of anilines is 1. The van der Waals surface area contributed by atoms with Crippen molar-refractivity contribution < 1.29 is 14.3 Å². The van der Waals surface area contributed by atoms with Crippen molar-refractivity contribution in [1.29, 1.82) is 0 Å². The minimum Gasteiger partial charge on any atom is -0.383 e. The summed E-state index contributed by atoms with van der Waals surface area (Å²) < 4.78 is 4.91. The second kappa shape index (κ2) is 10.2. The average molecular weight is 341 g/mol. The minimum absolute atomic E-state index is 0.156. The number of rotatable bonds is 9. The van der Waals surface area contributed by atoms with E-state index in [9.17, 15) is 9.59 Å². The summed E-state index contributed by atoms with van der Waals surface area (Å²) in [6.07, 6.45) is 0. The van der Waals surface area contributed by atoms with Crippen LogP contribution in [0, 0.1) is 0 Å². The van der Waals surface area contributed by atoms with Crippen LogP contribution in [0.5, 0.6) is 0 Å². The molecular weight excluding hydrogens is 318 g/mol. The third-order valence-electron chi connectivity index (χ3n) is 3.51. The van der Waals surface area contributed by atoms with Gasteiger partial charge in [-0.05, 0) is 17.7 Å². The van der Waals surface area contributed by atoms with Crippen LogP contribution in [0.2, 0.25) is 0 Å². The van der Waals surface area contributed by atoms with Crippen LogP contribution < -0.4 is 16.0 Å². The van der Waals surface area contributed by atoms with Crippen LogP contribution in [0.25, 0.3) is 0 Å². The summed E-state index contributed by atoms with van der Waals surface area (Å²) >= 11 is 0. The van der Waals surface area contributed by atoms with Gasteiger partial charge in [0.25, 0.3) is 5.91 Å². The number of para-hydroxylation sites is 1. The molecule has 0 saturated carbocycles. The number of amides is 2. The zero-order chi connectivity index (χ0) is 17.9. The highest BCUT2D eigenvalue weighted by Gasteiger charge is 2.12. The van der Waals surface area contributed by atoms with E-state index in [-0.39, 0.29) is 18.4 Å². The molecule has 0 radical (unpaired) electrons. The van der Waals surface area contributed by atoms with Crippen LogP contribution >= 0.6 is 0 Å². The average Bonchev–Trinajstić information content (AvgIpc) is 2.64. The minimum atomic E-state index is -0.230. The van der Waals surface area contributed by atoms with E-state index in [0.717, 1.165) is 5.56 Å². The van der Waals surface area contributed by atoms with Gasteiger partial charge in [0.1, 0.15) is 0 Å². The highest BCUT2D eigenvalue weighted by atomic mass is 16.5. The summed E-state index contributed by atoms with van der Waals surface area (Å²) in [4.78, 5) is 24.4. The van der Waals surface area contributed by atoms with Crippen LogP contribution in [-0.4, -0.2) is 38.6 Å². The molecule has 0 atom stereocenters. The maximum Gasteiger partial charge on any atom is 0.253 e. The van der Waals surface area contributed by atoms with Gasteiger partial charge in [0.15, 0.2) is 0 Å². The van der Waals surface area contributed by atoms with Gasteiger partial charge in [0.2, 0.25) is 5.91 Å². The Hall–Kier alpha value is -2.70. The predicted molar refractivity (Wildman–Crippen MR) is 97.4 cm³/mol. The van der Waals surface area contributed by atoms with E-state index in [1.807, 2.05) is 30.3 Å². The number of hydrogen-bond donors (Lipinski definition) is 3. The van der Waals surface area contributed by atoms with E-state index < -0.39 is 0 Å². The van der Waals surface area contributed by atoms with Crippen molar-refractivity contribution in [3.8, 4) is 0 Å². The zero-order valence-corrected chi connectivity index (χ0v) is 14.2. The summed E-state index contributed by atoms with van der Waals surface area (Å²) in [5.41, 5.74) is 1.94. The van der Waals surface area contributed by atoms with Crippen molar-refractivity contribution in [3.63, 3.8) is 0 Å². The molecule has 0 bridgehead atoms. The molecule has 0 saturated heterocycles. The van der Waals surface area contributed by atoms with Crippen LogP contribution in [0.3, 0.4) is 0 Å². The SMILES string of the molecule is COCCNCC(=O)Nc1ccccc1C(=O)NCc1ccccc1. The first kappa shape index (κ1) is 18.6. The highest BCUT2D eigenvalue weighted by Crippen LogP contribution is 2.15. The standard InChI is InChI=1S/C19H23N3O3/c1-25-12-11-20-14-18(23)22-17-10-6-5-9-16(17)19(24)21-13-15-7-3-2-4-8-15/h2-10,20H,11-14H2,1H3,(H,21,24)(H,22,23). The van der Waals surface area contributed by atoms with Crippen molar-refractivity contribution in [3.05, 3.63) is 65.7 Å². The van der Waals surface area contributed by atoms with Crippen molar-refractivity contribution in [1.82, 2.24) is 10.6 Å². The Bertz CT molecular complexity index is 689. The van der Waals surface area contributed by atoms with E-state index in [1.165, 1.54) is 0 Å². The second-order valence-electron chi connectivity index (χ2n) is 5.43. The van der Waals surface area contributed by atoms with Crippen molar-refractivity contribution in [2.24, 2.45) is 0 Å². The summed E-state index contributed by atoms with van der Waals surface area (Å²) in [5, 5.41) is 8.59. The Labute approximate surface area is 147 Å². The molecule has 132 valence electrons. The monoisotopic (exact) mass is 341 g/mol.